The molecule has 0 saturated heterocycles. The summed E-state index contributed by atoms with van der Waals surface area (Å²) in [6.07, 6.45) is 8.05. The Morgan fingerprint density at radius 1 is 1.00 bits per heavy atom. The van der Waals surface area contributed by atoms with E-state index in [0.29, 0.717) is 6.61 Å². The lowest BCUT2D eigenvalue weighted by Gasteiger charge is -2.25. The minimum Gasteiger partial charge on any atom is -0.463 e. The van der Waals surface area contributed by atoms with Gasteiger partial charge >= 0.3 is 14.5 Å². The van der Waals surface area contributed by atoms with E-state index in [1.807, 2.05) is 13.8 Å². The standard InChI is InChI=1S/C16H32O4Si/c1-5-16(17)18-14-12-10-8-9-11-13-15-21(4,19-6-2)20-7-3/h5H,1,6-15H2,2-4H3. The smallest absolute Gasteiger partial charge is 0.334 e. The molecule has 0 saturated carbocycles. The molecule has 0 aliphatic carbocycles. The van der Waals surface area contributed by atoms with Gasteiger partial charge in [-0.15, -0.1) is 0 Å². The van der Waals surface area contributed by atoms with E-state index in [0.717, 1.165) is 32.1 Å². The lowest BCUT2D eigenvalue weighted by molar-refractivity contribution is -0.137. The zero-order chi connectivity index (χ0) is 16.0. The van der Waals surface area contributed by atoms with Crippen molar-refractivity contribution in [3.63, 3.8) is 0 Å². The average molecular weight is 317 g/mol. The maximum Gasteiger partial charge on any atom is 0.334 e. The summed E-state index contributed by atoms with van der Waals surface area (Å²) in [5, 5.41) is 0. The quantitative estimate of drug-likeness (QED) is 0.208. The lowest BCUT2D eigenvalue weighted by Crippen LogP contribution is -2.38. The van der Waals surface area contributed by atoms with Crippen molar-refractivity contribution in [2.24, 2.45) is 0 Å². The molecule has 0 aliphatic rings. The van der Waals surface area contributed by atoms with Gasteiger partial charge in [-0.2, -0.15) is 0 Å². The van der Waals surface area contributed by atoms with Crippen LogP contribution in [0, 0.1) is 0 Å². The van der Waals surface area contributed by atoms with E-state index < -0.39 is 8.56 Å². The fraction of sp³-hybridized carbons (Fsp3) is 0.812. The normalized spacial score (nSPS) is 11.4. The van der Waals surface area contributed by atoms with Crippen LogP contribution in [0.3, 0.4) is 0 Å². The second-order valence-electron chi connectivity index (χ2n) is 5.24. The molecule has 0 unspecified atom stereocenters. The van der Waals surface area contributed by atoms with Gasteiger partial charge in [0.25, 0.3) is 0 Å². The van der Waals surface area contributed by atoms with E-state index in [1.165, 1.54) is 31.8 Å². The molecule has 5 heteroatoms. The maximum absolute atomic E-state index is 10.8. The fourth-order valence-corrected chi connectivity index (χ4v) is 4.77. The Morgan fingerprint density at radius 3 is 2.05 bits per heavy atom. The second kappa shape index (κ2) is 13.0. The van der Waals surface area contributed by atoms with Crippen LogP contribution in [0.5, 0.6) is 0 Å². The predicted molar refractivity (Wildman–Crippen MR) is 88.5 cm³/mol. The Kier molecular flexibility index (Phi) is 12.6. The monoisotopic (exact) mass is 316 g/mol. The molecule has 0 bridgehead atoms. The van der Waals surface area contributed by atoms with E-state index in [4.69, 9.17) is 13.6 Å². The van der Waals surface area contributed by atoms with E-state index in [-0.39, 0.29) is 5.97 Å². The molecular weight excluding hydrogens is 284 g/mol. The first kappa shape index (κ1) is 20.3. The molecule has 0 amide bonds. The number of esters is 1. The third-order valence-electron chi connectivity index (χ3n) is 3.34. The summed E-state index contributed by atoms with van der Waals surface area (Å²) >= 11 is 0. The molecule has 0 aromatic heterocycles. The highest BCUT2D eigenvalue weighted by Gasteiger charge is 2.29. The number of carbonyl (C=O) groups is 1. The maximum atomic E-state index is 10.8. The Morgan fingerprint density at radius 2 is 1.52 bits per heavy atom. The van der Waals surface area contributed by atoms with Crippen LogP contribution in [0.1, 0.15) is 52.4 Å². The summed E-state index contributed by atoms with van der Waals surface area (Å²) in [5.41, 5.74) is 0. The Bertz CT molecular complexity index is 275. The topological polar surface area (TPSA) is 44.8 Å². The van der Waals surface area contributed by atoms with Crippen LogP contribution in [-0.2, 0) is 18.4 Å². The summed E-state index contributed by atoms with van der Waals surface area (Å²) < 4.78 is 16.6. The van der Waals surface area contributed by atoms with E-state index in [1.54, 1.807) is 0 Å². The zero-order valence-electron chi connectivity index (χ0n) is 14.0. The highest BCUT2D eigenvalue weighted by molar-refractivity contribution is 6.66. The van der Waals surface area contributed by atoms with Crippen LogP contribution >= 0.6 is 0 Å². The molecule has 0 rings (SSSR count). The summed E-state index contributed by atoms with van der Waals surface area (Å²) in [6.45, 7) is 11.6. The first-order chi connectivity index (χ1) is 10.1. The largest absolute Gasteiger partial charge is 0.463 e. The van der Waals surface area contributed by atoms with Gasteiger partial charge < -0.3 is 13.6 Å². The SMILES string of the molecule is C=CC(=O)OCCCCCCCC[Si](C)(OCC)OCC. The van der Waals surface area contributed by atoms with Crippen molar-refractivity contribution in [1.82, 2.24) is 0 Å². The van der Waals surface area contributed by atoms with Crippen LogP contribution in [0.2, 0.25) is 12.6 Å². The van der Waals surface area contributed by atoms with E-state index in [9.17, 15) is 4.79 Å². The number of hydrogen-bond acceptors (Lipinski definition) is 4. The van der Waals surface area contributed by atoms with Gasteiger partial charge in [-0.3, -0.25) is 0 Å². The van der Waals surface area contributed by atoms with Crippen molar-refractivity contribution < 1.29 is 18.4 Å². The van der Waals surface area contributed by atoms with Crippen molar-refractivity contribution >= 4 is 14.5 Å². The van der Waals surface area contributed by atoms with Gasteiger partial charge in [0, 0.05) is 19.3 Å². The predicted octanol–water partition coefficient (Wildman–Crippen LogP) is 4.20. The van der Waals surface area contributed by atoms with Crippen molar-refractivity contribution in [3.8, 4) is 0 Å². The van der Waals surface area contributed by atoms with Crippen molar-refractivity contribution in [1.29, 1.82) is 0 Å². The second-order valence-corrected chi connectivity index (χ2v) is 8.59. The number of rotatable bonds is 14. The molecule has 0 aromatic carbocycles. The molecule has 0 heterocycles. The zero-order valence-corrected chi connectivity index (χ0v) is 15.0. The van der Waals surface area contributed by atoms with Gasteiger partial charge in [-0.1, -0.05) is 38.7 Å². The van der Waals surface area contributed by atoms with Gasteiger partial charge in [0.2, 0.25) is 0 Å². The highest BCUT2D eigenvalue weighted by Crippen LogP contribution is 2.18. The van der Waals surface area contributed by atoms with E-state index in [2.05, 4.69) is 13.1 Å². The molecule has 0 spiro atoms. The number of carbonyl (C=O) groups excluding carboxylic acids is 1. The summed E-state index contributed by atoms with van der Waals surface area (Å²) in [4.78, 5) is 10.8. The molecule has 0 radical (unpaired) electrons. The third-order valence-corrected chi connectivity index (χ3v) is 6.40. The molecule has 0 aromatic rings. The molecule has 0 aliphatic heterocycles. The minimum atomic E-state index is -1.91. The van der Waals surface area contributed by atoms with Gasteiger partial charge in [0.05, 0.1) is 6.61 Å². The Balaban J connectivity index is 3.49. The molecule has 0 N–H and O–H groups in total. The van der Waals surface area contributed by atoms with E-state index >= 15 is 0 Å². The highest BCUT2D eigenvalue weighted by atomic mass is 28.4. The van der Waals surface area contributed by atoms with Crippen molar-refractivity contribution in [3.05, 3.63) is 12.7 Å². The average Bonchev–Trinajstić information content (AvgIpc) is 2.45. The lowest BCUT2D eigenvalue weighted by atomic mass is 10.1. The summed E-state index contributed by atoms with van der Waals surface area (Å²) in [5.74, 6) is -0.328. The number of unbranched alkanes of at least 4 members (excludes halogenated alkanes) is 5. The molecule has 21 heavy (non-hydrogen) atoms. The Hall–Kier alpha value is -0.653. The summed E-state index contributed by atoms with van der Waals surface area (Å²) in [7, 11) is -1.91. The van der Waals surface area contributed by atoms with Gasteiger partial charge in [-0.05, 0) is 32.9 Å². The van der Waals surface area contributed by atoms with Crippen LogP contribution in [0.4, 0.5) is 0 Å². The molecule has 0 atom stereocenters. The van der Waals surface area contributed by atoms with Gasteiger partial charge in [0.1, 0.15) is 0 Å². The van der Waals surface area contributed by atoms with Crippen molar-refractivity contribution in [2.45, 2.75) is 65.0 Å². The first-order valence-corrected chi connectivity index (χ1v) is 10.7. The number of ether oxygens (including phenoxy) is 1. The Labute approximate surface area is 131 Å². The molecular formula is C16H32O4Si. The third kappa shape index (κ3) is 11.7. The minimum absolute atomic E-state index is 0.328. The van der Waals surface area contributed by atoms with Crippen molar-refractivity contribution in [2.75, 3.05) is 19.8 Å². The number of hydrogen-bond donors (Lipinski definition) is 0. The van der Waals surface area contributed by atoms with Crippen LogP contribution in [0.25, 0.3) is 0 Å². The fourth-order valence-electron chi connectivity index (χ4n) is 2.28. The first-order valence-electron chi connectivity index (χ1n) is 8.15. The van der Waals surface area contributed by atoms with Gasteiger partial charge in [-0.25, -0.2) is 4.79 Å². The molecule has 124 valence electrons. The summed E-state index contributed by atoms with van der Waals surface area (Å²) in [6, 6.07) is 1.08. The van der Waals surface area contributed by atoms with Gasteiger partial charge in [0.15, 0.2) is 0 Å². The molecule has 4 nitrogen and oxygen atoms in total. The van der Waals surface area contributed by atoms with Crippen LogP contribution in [0.15, 0.2) is 12.7 Å². The van der Waals surface area contributed by atoms with Crippen LogP contribution in [-0.4, -0.2) is 34.4 Å². The van der Waals surface area contributed by atoms with Crippen LogP contribution < -0.4 is 0 Å². The molecule has 0 fully saturated rings.